The highest BCUT2D eigenvalue weighted by Gasteiger charge is 2.67. The summed E-state index contributed by atoms with van der Waals surface area (Å²) in [4.78, 5) is 34.6. The Hall–Kier alpha value is -4.24. The predicted molar refractivity (Wildman–Crippen MR) is 173 cm³/mol. The number of ketones is 1. The van der Waals surface area contributed by atoms with Crippen LogP contribution in [0.5, 0.6) is 0 Å². The molecule has 2 aromatic heterocycles. The van der Waals surface area contributed by atoms with Crippen LogP contribution in [-0.2, 0) is 9.53 Å². The summed E-state index contributed by atoms with van der Waals surface area (Å²) < 4.78 is 38.3. The van der Waals surface area contributed by atoms with E-state index in [1.807, 2.05) is 24.3 Å². The van der Waals surface area contributed by atoms with Crippen LogP contribution >= 0.6 is 11.8 Å². The number of ether oxygens (including phenoxy) is 1. The summed E-state index contributed by atoms with van der Waals surface area (Å²) in [6, 6.07) is 2.47. The zero-order chi connectivity index (χ0) is 31.7. The van der Waals surface area contributed by atoms with Gasteiger partial charge in [0.1, 0.15) is 10.8 Å². The number of Topliss-reactive ketones (excluding diaryl/α,β-unsaturated/α-hetero) is 1. The minimum atomic E-state index is -3.87. The van der Waals surface area contributed by atoms with Crippen LogP contribution < -0.4 is 32.4 Å². The summed E-state index contributed by atoms with van der Waals surface area (Å²) in [6.45, 7) is 2.60. The second-order valence-electron chi connectivity index (χ2n) is 12.3. The third kappa shape index (κ3) is 4.87. The van der Waals surface area contributed by atoms with Gasteiger partial charge in [0.15, 0.2) is 10.7 Å². The summed E-state index contributed by atoms with van der Waals surface area (Å²) >= 11 is 0.655. The number of piperidine rings is 1. The van der Waals surface area contributed by atoms with Gasteiger partial charge in [-0.2, -0.15) is 8.78 Å². The third-order valence-electron chi connectivity index (χ3n) is 9.39. The van der Waals surface area contributed by atoms with Gasteiger partial charge in [-0.3, -0.25) is 10.1 Å². The van der Waals surface area contributed by atoms with Gasteiger partial charge in [0.25, 0.3) is 0 Å². The van der Waals surface area contributed by atoms with E-state index < -0.39 is 22.6 Å². The van der Waals surface area contributed by atoms with E-state index in [1.165, 1.54) is 18.3 Å². The molecule has 11 nitrogen and oxygen atoms in total. The lowest BCUT2D eigenvalue weighted by Crippen LogP contribution is -2.49. The van der Waals surface area contributed by atoms with E-state index in [9.17, 15) is 4.79 Å². The summed E-state index contributed by atoms with van der Waals surface area (Å²) in [6.07, 6.45) is 16.4. The first-order chi connectivity index (χ1) is 22.1. The number of rotatable bonds is 3. The van der Waals surface area contributed by atoms with Crippen LogP contribution in [0.15, 0.2) is 81.2 Å². The maximum atomic E-state index is 16.3. The molecule has 8 bridgehead atoms. The molecule has 2 aromatic rings. The minimum absolute atomic E-state index is 0.000605. The zero-order valence-electron chi connectivity index (χ0n) is 24.6. The Morgan fingerprint density at radius 3 is 2.39 bits per heavy atom. The number of allylic oxidation sites excluding steroid dienone is 4. The molecule has 8 rings (SSSR count). The van der Waals surface area contributed by atoms with E-state index in [0.29, 0.717) is 61.0 Å². The average molecular weight is 644 g/mol. The molecule has 3 fully saturated rings. The fourth-order valence-electron chi connectivity index (χ4n) is 6.69. The molecule has 6 N–H and O–H groups in total. The molecule has 3 saturated heterocycles. The van der Waals surface area contributed by atoms with Gasteiger partial charge in [0, 0.05) is 35.2 Å². The Morgan fingerprint density at radius 1 is 1.02 bits per heavy atom. The van der Waals surface area contributed by atoms with Crippen molar-refractivity contribution < 1.29 is 18.3 Å². The predicted octanol–water partition coefficient (Wildman–Crippen LogP) is 1.36. The molecule has 46 heavy (non-hydrogen) atoms. The van der Waals surface area contributed by atoms with Crippen LogP contribution in [0.1, 0.15) is 12.8 Å². The van der Waals surface area contributed by atoms with Crippen LogP contribution in [0.25, 0.3) is 12.2 Å². The Balaban J connectivity index is 1.15. The van der Waals surface area contributed by atoms with E-state index in [1.54, 1.807) is 24.3 Å². The van der Waals surface area contributed by atoms with Crippen LogP contribution in [0.4, 0.5) is 20.4 Å². The standard InChI is InChI=1S/C32H31F2N9O2S/c33-32(34)27(44)24-13-22-4-3-20(39-22)11-18-1-2-19(38-18)12-21-5-6-23(40-21)14-31(32,42-24)46-29-28(36)41-26(15-37-29)43-9-7-30(8-10-43)17-45-16-25(30)35/h1-6,11-15,24-25,38,42H,7-10,16-17,35H2,(H2,36,41)/t24-,25?,31?/m0/s1. The number of carbonyl (C=O) groups excluding carboxylic acids is 1. The second kappa shape index (κ2) is 10.7. The number of nitrogens with zero attached hydrogens (tertiary/aromatic N) is 5. The van der Waals surface area contributed by atoms with Gasteiger partial charge in [-0.05, 0) is 73.6 Å². The smallest absolute Gasteiger partial charge is 0.338 e. The minimum Gasteiger partial charge on any atom is -0.381 e. The van der Waals surface area contributed by atoms with E-state index in [0.717, 1.165) is 23.5 Å². The number of halogens is 2. The number of aromatic amines is 1. The van der Waals surface area contributed by atoms with Crippen LogP contribution in [-0.4, -0.2) is 81.3 Å². The monoisotopic (exact) mass is 643 g/mol. The molecule has 0 amide bonds. The van der Waals surface area contributed by atoms with Gasteiger partial charge in [-0.15, -0.1) is 0 Å². The molecule has 2 unspecified atom stereocenters. The van der Waals surface area contributed by atoms with Crippen molar-refractivity contribution in [3.63, 3.8) is 0 Å². The summed E-state index contributed by atoms with van der Waals surface area (Å²) in [5, 5.41) is 4.57. The van der Waals surface area contributed by atoms with Gasteiger partial charge in [0.05, 0.1) is 48.3 Å². The molecule has 3 atom stereocenters. The fourth-order valence-corrected chi connectivity index (χ4v) is 7.85. The average Bonchev–Trinajstić information content (AvgIpc) is 3.86. The Labute approximate surface area is 266 Å². The maximum Gasteiger partial charge on any atom is 0.338 e. The van der Waals surface area contributed by atoms with E-state index >= 15 is 8.78 Å². The molecule has 0 aliphatic carbocycles. The molecule has 0 saturated carbocycles. The van der Waals surface area contributed by atoms with Crippen molar-refractivity contribution in [1.29, 1.82) is 0 Å². The van der Waals surface area contributed by atoms with Crippen molar-refractivity contribution >= 4 is 52.8 Å². The Bertz CT molecular complexity index is 1950. The number of nitrogens with one attached hydrogen (secondary N) is 2. The number of aromatic nitrogens is 3. The zero-order valence-corrected chi connectivity index (χ0v) is 25.4. The molecule has 8 heterocycles. The topological polar surface area (TPSA) is 160 Å². The number of aliphatic imine (C=N–C) groups is 2. The summed E-state index contributed by atoms with van der Waals surface area (Å²) in [5.41, 5.74) is 14.5. The molecule has 6 aliphatic heterocycles. The first-order valence-electron chi connectivity index (χ1n) is 15.1. The number of fused-ring (bicyclic) bond motifs is 6. The van der Waals surface area contributed by atoms with E-state index in [4.69, 9.17) is 16.2 Å². The van der Waals surface area contributed by atoms with Crippen LogP contribution in [0.2, 0.25) is 0 Å². The highest BCUT2D eigenvalue weighted by atomic mass is 32.2. The number of hydrogen-bond donors (Lipinski definition) is 4. The first kappa shape index (κ1) is 29.2. The molecule has 1 spiro atoms. The number of nitrogens with two attached hydrogens (primary N) is 2. The SMILES string of the molecule is Nc1nc(N2CCC3(CC2)COCC3N)cnc1SC12C=C3C=CC(=N3)C=c3ccc([nH]3)=CC3=NC(=C[C@H](N1)C(=O)C2(F)F)C=C3. The molecular weight excluding hydrogens is 612 g/mol. The molecular formula is C32H31F2N9O2S. The van der Waals surface area contributed by atoms with Gasteiger partial charge >= 0.3 is 5.92 Å². The number of alkyl halides is 2. The van der Waals surface area contributed by atoms with Crippen molar-refractivity contribution in [2.24, 2.45) is 21.1 Å². The number of carbonyl (C=O) groups is 1. The number of anilines is 2. The van der Waals surface area contributed by atoms with Gasteiger partial charge in [-0.25, -0.2) is 20.0 Å². The number of hydrogen-bond acceptors (Lipinski definition) is 11. The van der Waals surface area contributed by atoms with Gasteiger partial charge in [0.2, 0.25) is 5.78 Å². The lowest BCUT2D eigenvalue weighted by Gasteiger charge is -2.41. The summed E-state index contributed by atoms with van der Waals surface area (Å²) in [7, 11) is 0. The lowest BCUT2D eigenvalue weighted by atomic mass is 9.75. The molecule has 0 aromatic carbocycles. The number of nitrogen functional groups attached to an aromatic ring is 1. The van der Waals surface area contributed by atoms with Crippen molar-refractivity contribution in [2.45, 2.75) is 40.7 Å². The highest BCUT2D eigenvalue weighted by molar-refractivity contribution is 8.01. The largest absolute Gasteiger partial charge is 0.381 e. The fraction of sp³-hybridized carbons (Fsp3) is 0.344. The van der Waals surface area contributed by atoms with Gasteiger partial charge in [-0.1, -0.05) is 11.8 Å². The van der Waals surface area contributed by atoms with Crippen molar-refractivity contribution in [3.05, 3.63) is 76.9 Å². The van der Waals surface area contributed by atoms with Crippen molar-refractivity contribution in [1.82, 2.24) is 20.3 Å². The first-order valence-corrected chi connectivity index (χ1v) is 15.9. The molecule has 236 valence electrons. The quantitative estimate of drug-likeness (QED) is 0.387. The van der Waals surface area contributed by atoms with E-state index in [2.05, 4.69) is 35.2 Å². The van der Waals surface area contributed by atoms with Crippen LogP contribution in [0.3, 0.4) is 0 Å². The van der Waals surface area contributed by atoms with Crippen LogP contribution in [0, 0.1) is 5.41 Å². The summed E-state index contributed by atoms with van der Waals surface area (Å²) in [5.74, 6) is -4.62. The Morgan fingerprint density at radius 2 is 1.72 bits per heavy atom. The van der Waals surface area contributed by atoms with Gasteiger partial charge < -0.3 is 26.1 Å². The normalized spacial score (nSPS) is 28.9. The second-order valence-corrected chi connectivity index (χ2v) is 13.6. The number of H-pyrrole nitrogens is 1. The third-order valence-corrected chi connectivity index (χ3v) is 10.7. The molecule has 14 heteroatoms. The molecule has 0 radical (unpaired) electrons. The molecule has 6 aliphatic rings. The number of thioether (sulfide) groups is 1. The van der Waals surface area contributed by atoms with Crippen molar-refractivity contribution in [2.75, 3.05) is 36.9 Å². The van der Waals surface area contributed by atoms with E-state index in [-0.39, 0.29) is 28.0 Å². The lowest BCUT2D eigenvalue weighted by molar-refractivity contribution is -0.139. The van der Waals surface area contributed by atoms with Crippen molar-refractivity contribution in [3.8, 4) is 0 Å². The maximum absolute atomic E-state index is 16.3. The Kier molecular flexibility index (Phi) is 6.76. The highest BCUT2D eigenvalue weighted by Crippen LogP contribution is 2.50.